The van der Waals surface area contributed by atoms with Crippen LogP contribution >= 0.6 is 27.7 Å². The summed E-state index contributed by atoms with van der Waals surface area (Å²) in [5.74, 6) is 2.68. The van der Waals surface area contributed by atoms with Crippen LogP contribution in [0.25, 0.3) is 0 Å². The zero-order valence-corrected chi connectivity index (χ0v) is 14.8. The smallest absolute Gasteiger partial charge is 0.0107 e. The van der Waals surface area contributed by atoms with Gasteiger partial charge in [0.1, 0.15) is 0 Å². The quantitative estimate of drug-likeness (QED) is 0.604. The summed E-state index contributed by atoms with van der Waals surface area (Å²) in [5, 5.41) is 1.09. The first-order valence-electron chi connectivity index (χ1n) is 7.60. The third kappa shape index (κ3) is 3.54. The summed E-state index contributed by atoms with van der Waals surface area (Å²) in [6.45, 7) is 2.22. The minimum Gasteiger partial charge on any atom is -0.125 e. The topological polar surface area (TPSA) is 0 Å². The molecule has 0 N–H and O–H groups in total. The fourth-order valence-corrected chi connectivity index (χ4v) is 4.94. The van der Waals surface area contributed by atoms with Crippen molar-refractivity contribution < 1.29 is 0 Å². The second-order valence-corrected chi connectivity index (χ2v) is 7.64. The molecule has 2 atom stereocenters. The van der Waals surface area contributed by atoms with Gasteiger partial charge in [-0.25, -0.2) is 0 Å². The van der Waals surface area contributed by atoms with Crippen LogP contribution in [0.1, 0.15) is 29.0 Å². The highest BCUT2D eigenvalue weighted by molar-refractivity contribution is 9.09. The van der Waals surface area contributed by atoms with E-state index in [2.05, 4.69) is 71.4 Å². The van der Waals surface area contributed by atoms with Crippen LogP contribution in [-0.4, -0.2) is 11.1 Å². The zero-order chi connectivity index (χ0) is 14.7. The molecule has 1 aliphatic heterocycles. The van der Waals surface area contributed by atoms with Gasteiger partial charge < -0.3 is 0 Å². The fourth-order valence-electron chi connectivity index (χ4n) is 3.18. The van der Waals surface area contributed by atoms with E-state index in [1.54, 1.807) is 5.56 Å². The van der Waals surface area contributed by atoms with Crippen molar-refractivity contribution in [3.8, 4) is 0 Å². The zero-order valence-electron chi connectivity index (χ0n) is 12.4. The summed E-state index contributed by atoms with van der Waals surface area (Å²) in [6, 6.07) is 17.7. The number of halogens is 1. The lowest BCUT2D eigenvalue weighted by molar-refractivity contribution is 0.495. The summed E-state index contributed by atoms with van der Waals surface area (Å²) < 4.78 is 0. The first kappa shape index (κ1) is 15.2. The summed E-state index contributed by atoms with van der Waals surface area (Å²) in [7, 11) is 0. The first-order valence-corrected chi connectivity index (χ1v) is 9.71. The molecule has 0 aliphatic carbocycles. The molecule has 0 nitrogen and oxygen atoms in total. The molecule has 2 aromatic carbocycles. The van der Waals surface area contributed by atoms with Crippen molar-refractivity contribution >= 4 is 27.7 Å². The molecular weight excluding hydrogens is 340 g/mol. The van der Waals surface area contributed by atoms with Crippen molar-refractivity contribution in [3.63, 3.8) is 0 Å². The van der Waals surface area contributed by atoms with Crippen LogP contribution in [0.15, 0.2) is 53.4 Å². The maximum Gasteiger partial charge on any atom is 0.0107 e. The largest absolute Gasteiger partial charge is 0.125 e. The lowest BCUT2D eigenvalue weighted by Gasteiger charge is -2.20. The average molecular weight is 361 g/mol. The van der Waals surface area contributed by atoms with E-state index in [4.69, 9.17) is 0 Å². The number of aryl methyl sites for hydroxylation is 1. The number of benzene rings is 2. The van der Waals surface area contributed by atoms with Gasteiger partial charge in [-0.3, -0.25) is 0 Å². The average Bonchev–Trinajstić information content (AvgIpc) is 2.92. The summed E-state index contributed by atoms with van der Waals surface area (Å²) in [6.07, 6.45) is 2.46. The second kappa shape index (κ2) is 7.02. The van der Waals surface area contributed by atoms with Crippen molar-refractivity contribution in [3.05, 3.63) is 65.2 Å². The molecule has 0 amide bonds. The van der Waals surface area contributed by atoms with Gasteiger partial charge in [-0.2, -0.15) is 0 Å². The molecule has 0 radical (unpaired) electrons. The van der Waals surface area contributed by atoms with E-state index in [9.17, 15) is 0 Å². The number of fused-ring (bicyclic) bond motifs is 1. The van der Waals surface area contributed by atoms with Crippen molar-refractivity contribution in [1.82, 2.24) is 0 Å². The highest BCUT2D eigenvalue weighted by Gasteiger charge is 2.25. The normalized spacial score (nSPS) is 18.5. The molecule has 2 heteroatoms. The first-order chi connectivity index (χ1) is 10.3. The Morgan fingerprint density at radius 2 is 1.90 bits per heavy atom. The van der Waals surface area contributed by atoms with E-state index in [1.165, 1.54) is 34.6 Å². The number of hydrogen-bond donors (Lipinski definition) is 0. The van der Waals surface area contributed by atoms with Crippen LogP contribution in [0.2, 0.25) is 0 Å². The minimum absolute atomic E-state index is 0.711. The lowest BCUT2D eigenvalue weighted by Crippen LogP contribution is -2.12. The Balaban J connectivity index is 1.70. The maximum absolute atomic E-state index is 3.74. The number of hydrogen-bond acceptors (Lipinski definition) is 1. The lowest BCUT2D eigenvalue weighted by atomic mass is 9.87. The Kier molecular flexibility index (Phi) is 5.07. The van der Waals surface area contributed by atoms with Crippen LogP contribution in [-0.2, 0) is 6.42 Å². The molecule has 3 rings (SSSR count). The molecule has 0 saturated carbocycles. The van der Waals surface area contributed by atoms with Crippen molar-refractivity contribution in [2.24, 2.45) is 5.92 Å². The molecule has 110 valence electrons. The van der Waals surface area contributed by atoms with Crippen LogP contribution in [0.3, 0.4) is 0 Å². The van der Waals surface area contributed by atoms with Gasteiger partial charge in [0.2, 0.25) is 0 Å². The van der Waals surface area contributed by atoms with E-state index in [0.29, 0.717) is 5.92 Å². The van der Waals surface area contributed by atoms with Gasteiger partial charge in [0.05, 0.1) is 0 Å². The molecule has 0 bridgehead atoms. The third-order valence-corrected chi connectivity index (χ3v) is 6.57. The van der Waals surface area contributed by atoms with Gasteiger partial charge in [-0.15, -0.1) is 11.8 Å². The minimum atomic E-state index is 0.711. The summed E-state index contributed by atoms with van der Waals surface area (Å²) in [5.41, 5.74) is 4.49. The standard InChI is InChI=1S/C19H21BrS/c1-14-6-2-3-7-16(14)10-15(12-20)11-17-13-21-19-9-5-4-8-18(17)19/h2-9,15,17H,10-13H2,1H3. The van der Waals surface area contributed by atoms with Crippen molar-refractivity contribution in [2.45, 2.75) is 30.6 Å². The predicted octanol–water partition coefficient (Wildman–Crippen LogP) is 5.83. The SMILES string of the molecule is Cc1ccccc1CC(CBr)CC1CSc2ccccc21. The van der Waals surface area contributed by atoms with Gasteiger partial charge in [-0.1, -0.05) is 58.4 Å². The predicted molar refractivity (Wildman–Crippen MR) is 96.7 cm³/mol. The van der Waals surface area contributed by atoms with E-state index >= 15 is 0 Å². The Bertz CT molecular complexity index is 608. The Morgan fingerprint density at radius 1 is 1.14 bits per heavy atom. The Hall–Kier alpha value is -0.730. The molecule has 0 spiro atoms. The second-order valence-electron chi connectivity index (χ2n) is 5.93. The molecule has 1 heterocycles. The molecule has 0 aromatic heterocycles. The van der Waals surface area contributed by atoms with Crippen molar-refractivity contribution in [1.29, 1.82) is 0 Å². The molecular formula is C19H21BrS. The highest BCUT2D eigenvalue weighted by atomic mass is 79.9. The van der Waals surface area contributed by atoms with Crippen LogP contribution in [0, 0.1) is 12.8 Å². The van der Waals surface area contributed by atoms with Crippen LogP contribution in [0.5, 0.6) is 0 Å². The van der Waals surface area contributed by atoms with Crippen molar-refractivity contribution in [2.75, 3.05) is 11.1 Å². The maximum atomic E-state index is 3.74. The van der Waals surface area contributed by atoms with Crippen LogP contribution in [0.4, 0.5) is 0 Å². The Labute approximate surface area is 140 Å². The molecule has 21 heavy (non-hydrogen) atoms. The number of thioether (sulfide) groups is 1. The van der Waals surface area contributed by atoms with E-state index in [-0.39, 0.29) is 0 Å². The van der Waals surface area contributed by atoms with Gasteiger partial charge in [0.15, 0.2) is 0 Å². The summed E-state index contributed by atoms with van der Waals surface area (Å²) in [4.78, 5) is 1.49. The molecule has 1 aliphatic rings. The highest BCUT2D eigenvalue weighted by Crippen LogP contribution is 2.42. The van der Waals surface area contributed by atoms with Gasteiger partial charge >= 0.3 is 0 Å². The molecule has 0 saturated heterocycles. The van der Waals surface area contributed by atoms with Gasteiger partial charge in [0, 0.05) is 16.0 Å². The van der Waals surface area contributed by atoms with Crippen LogP contribution < -0.4 is 0 Å². The van der Waals surface area contributed by atoms with E-state index in [1.807, 2.05) is 11.8 Å². The number of rotatable bonds is 5. The molecule has 2 aromatic rings. The summed E-state index contributed by atoms with van der Waals surface area (Å²) >= 11 is 5.76. The third-order valence-electron chi connectivity index (χ3n) is 4.40. The fraction of sp³-hybridized carbons (Fsp3) is 0.368. The monoisotopic (exact) mass is 360 g/mol. The van der Waals surface area contributed by atoms with E-state index in [0.717, 1.165) is 11.2 Å². The molecule has 2 unspecified atom stereocenters. The van der Waals surface area contributed by atoms with Gasteiger partial charge in [0.25, 0.3) is 0 Å². The van der Waals surface area contributed by atoms with E-state index < -0.39 is 0 Å². The molecule has 0 fully saturated rings. The Morgan fingerprint density at radius 3 is 2.71 bits per heavy atom. The number of alkyl halides is 1. The van der Waals surface area contributed by atoms with Gasteiger partial charge in [-0.05, 0) is 54.4 Å².